The predicted octanol–water partition coefficient (Wildman–Crippen LogP) is 4.96. The number of aliphatic hydroxyl groups is 1. The second-order valence-electron chi connectivity index (χ2n) is 4.76. The summed E-state index contributed by atoms with van der Waals surface area (Å²) in [6, 6.07) is 14.9. The van der Waals surface area contributed by atoms with Gasteiger partial charge in [0.1, 0.15) is 17.7 Å². The molecule has 1 unspecified atom stereocenters. The maximum absolute atomic E-state index is 14.0. The monoisotopic (exact) mass is 348 g/mol. The number of hydrogen-bond acceptors (Lipinski definition) is 1. The van der Waals surface area contributed by atoms with Gasteiger partial charge < -0.3 is 5.11 Å². The van der Waals surface area contributed by atoms with Crippen LogP contribution in [0.3, 0.4) is 0 Å². The molecule has 0 spiro atoms. The minimum atomic E-state index is -1.22. The molecular formula is C17H11BrF2O. The van der Waals surface area contributed by atoms with Crippen molar-refractivity contribution >= 4 is 26.7 Å². The third-order valence-corrected chi connectivity index (χ3v) is 4.06. The first kappa shape index (κ1) is 14.2. The molecule has 1 nitrogen and oxygen atoms in total. The van der Waals surface area contributed by atoms with Gasteiger partial charge in [0.2, 0.25) is 0 Å². The Balaban J connectivity index is 2.17. The van der Waals surface area contributed by atoms with Gasteiger partial charge in [0.05, 0.1) is 4.47 Å². The van der Waals surface area contributed by atoms with E-state index < -0.39 is 17.7 Å². The molecule has 21 heavy (non-hydrogen) atoms. The van der Waals surface area contributed by atoms with Crippen LogP contribution in [0.1, 0.15) is 17.2 Å². The van der Waals surface area contributed by atoms with Gasteiger partial charge in [0.25, 0.3) is 0 Å². The number of benzene rings is 3. The predicted molar refractivity (Wildman–Crippen MR) is 82.1 cm³/mol. The van der Waals surface area contributed by atoms with E-state index in [1.165, 1.54) is 0 Å². The molecule has 0 fully saturated rings. The zero-order chi connectivity index (χ0) is 15.0. The average molecular weight is 349 g/mol. The molecule has 3 rings (SSSR count). The van der Waals surface area contributed by atoms with Crippen LogP contribution in [0, 0.1) is 11.6 Å². The number of fused-ring (bicyclic) bond motifs is 1. The number of aliphatic hydroxyl groups excluding tert-OH is 1. The maximum atomic E-state index is 14.0. The third-order valence-electron chi connectivity index (χ3n) is 3.45. The van der Waals surface area contributed by atoms with Crippen LogP contribution in [0.15, 0.2) is 59.1 Å². The summed E-state index contributed by atoms with van der Waals surface area (Å²) in [6.45, 7) is 0. The third kappa shape index (κ3) is 2.57. The summed E-state index contributed by atoms with van der Waals surface area (Å²) >= 11 is 2.93. The second kappa shape index (κ2) is 5.54. The first-order valence-corrected chi connectivity index (χ1v) is 7.17. The van der Waals surface area contributed by atoms with Crippen LogP contribution < -0.4 is 0 Å². The zero-order valence-electron chi connectivity index (χ0n) is 10.9. The molecule has 0 amide bonds. The van der Waals surface area contributed by atoms with E-state index in [4.69, 9.17) is 0 Å². The number of rotatable bonds is 2. The molecule has 4 heteroatoms. The molecule has 0 aliphatic heterocycles. The molecule has 3 aromatic carbocycles. The Kier molecular flexibility index (Phi) is 3.74. The Morgan fingerprint density at radius 1 is 0.857 bits per heavy atom. The molecule has 0 saturated carbocycles. The van der Waals surface area contributed by atoms with E-state index in [1.807, 2.05) is 30.3 Å². The van der Waals surface area contributed by atoms with Crippen LogP contribution in [0.2, 0.25) is 0 Å². The summed E-state index contributed by atoms with van der Waals surface area (Å²) in [6.07, 6.45) is -1.22. The zero-order valence-corrected chi connectivity index (χ0v) is 12.4. The summed E-state index contributed by atoms with van der Waals surface area (Å²) in [4.78, 5) is 0. The fraction of sp³-hybridized carbons (Fsp3) is 0.0588. The summed E-state index contributed by atoms with van der Waals surface area (Å²) < 4.78 is 27.7. The maximum Gasteiger partial charge on any atom is 0.137 e. The second-order valence-corrected chi connectivity index (χ2v) is 5.61. The lowest BCUT2D eigenvalue weighted by atomic mass is 9.95. The molecule has 0 bridgehead atoms. The first-order valence-electron chi connectivity index (χ1n) is 6.38. The standard InChI is InChI=1S/C17H11BrF2O/c18-14-9-15(19)13(8-16(14)20)17(21)12-7-3-5-10-4-1-2-6-11(10)12/h1-9,17,21H. The van der Waals surface area contributed by atoms with Crippen molar-refractivity contribution in [2.45, 2.75) is 6.10 Å². The molecule has 0 aromatic heterocycles. The first-order chi connectivity index (χ1) is 10.1. The molecule has 0 radical (unpaired) electrons. The van der Waals surface area contributed by atoms with Crippen molar-refractivity contribution in [3.8, 4) is 0 Å². The summed E-state index contributed by atoms with van der Waals surface area (Å²) in [5, 5.41) is 12.2. The molecular weight excluding hydrogens is 338 g/mol. The Morgan fingerprint density at radius 2 is 1.57 bits per heavy atom. The van der Waals surface area contributed by atoms with Crippen molar-refractivity contribution < 1.29 is 13.9 Å². The molecule has 0 heterocycles. The largest absolute Gasteiger partial charge is 0.384 e. The summed E-state index contributed by atoms with van der Waals surface area (Å²) in [7, 11) is 0. The highest BCUT2D eigenvalue weighted by molar-refractivity contribution is 9.10. The molecule has 3 aromatic rings. The molecule has 0 saturated heterocycles. The van der Waals surface area contributed by atoms with Gasteiger partial charge in [-0.15, -0.1) is 0 Å². The van der Waals surface area contributed by atoms with Crippen molar-refractivity contribution in [1.82, 2.24) is 0 Å². The van der Waals surface area contributed by atoms with E-state index in [1.54, 1.807) is 12.1 Å². The van der Waals surface area contributed by atoms with Gasteiger partial charge in [0, 0.05) is 5.56 Å². The fourth-order valence-corrected chi connectivity index (χ4v) is 2.72. The van der Waals surface area contributed by atoms with Gasteiger partial charge in [-0.25, -0.2) is 8.78 Å². The van der Waals surface area contributed by atoms with E-state index in [2.05, 4.69) is 15.9 Å². The molecule has 0 aliphatic carbocycles. The van der Waals surface area contributed by atoms with Gasteiger partial charge in [-0.1, -0.05) is 42.5 Å². The lowest BCUT2D eigenvalue weighted by Gasteiger charge is -2.15. The quantitative estimate of drug-likeness (QED) is 0.648. The smallest absolute Gasteiger partial charge is 0.137 e. The van der Waals surface area contributed by atoms with Gasteiger partial charge in [0.15, 0.2) is 0 Å². The van der Waals surface area contributed by atoms with Crippen molar-refractivity contribution in [3.05, 3.63) is 81.8 Å². The van der Waals surface area contributed by atoms with Gasteiger partial charge >= 0.3 is 0 Å². The molecule has 0 aliphatic rings. The van der Waals surface area contributed by atoms with Crippen molar-refractivity contribution in [2.75, 3.05) is 0 Å². The summed E-state index contributed by atoms with van der Waals surface area (Å²) in [5.74, 6) is -1.26. The van der Waals surface area contributed by atoms with Crippen molar-refractivity contribution in [3.63, 3.8) is 0 Å². The van der Waals surface area contributed by atoms with E-state index in [0.717, 1.165) is 22.9 Å². The van der Waals surface area contributed by atoms with Crippen LogP contribution in [0.4, 0.5) is 8.78 Å². The lowest BCUT2D eigenvalue weighted by Crippen LogP contribution is -2.04. The minimum absolute atomic E-state index is 0.0360. The highest BCUT2D eigenvalue weighted by Gasteiger charge is 2.19. The van der Waals surface area contributed by atoms with Gasteiger partial charge in [-0.3, -0.25) is 0 Å². The normalized spacial score (nSPS) is 12.6. The topological polar surface area (TPSA) is 20.2 Å². The summed E-state index contributed by atoms with van der Waals surface area (Å²) in [5.41, 5.74) is 0.473. The fourth-order valence-electron chi connectivity index (χ4n) is 2.40. The molecule has 1 atom stereocenters. The van der Waals surface area contributed by atoms with Gasteiger partial charge in [-0.2, -0.15) is 0 Å². The van der Waals surface area contributed by atoms with Crippen LogP contribution in [-0.4, -0.2) is 5.11 Å². The number of hydrogen-bond donors (Lipinski definition) is 1. The highest BCUT2D eigenvalue weighted by Crippen LogP contribution is 2.32. The SMILES string of the molecule is OC(c1cc(F)c(Br)cc1F)c1cccc2ccccc12. The van der Waals surface area contributed by atoms with Crippen LogP contribution in [0.25, 0.3) is 10.8 Å². The Hall–Kier alpha value is -1.78. The minimum Gasteiger partial charge on any atom is -0.384 e. The van der Waals surface area contributed by atoms with E-state index in [0.29, 0.717) is 5.56 Å². The Labute approximate surface area is 129 Å². The van der Waals surface area contributed by atoms with Crippen LogP contribution in [0.5, 0.6) is 0 Å². The number of halogens is 3. The van der Waals surface area contributed by atoms with Crippen LogP contribution in [-0.2, 0) is 0 Å². The van der Waals surface area contributed by atoms with E-state index in [-0.39, 0.29) is 10.0 Å². The van der Waals surface area contributed by atoms with E-state index >= 15 is 0 Å². The average Bonchev–Trinajstić information content (AvgIpc) is 2.49. The van der Waals surface area contributed by atoms with Gasteiger partial charge in [-0.05, 0) is 44.4 Å². The Bertz CT molecular complexity index is 812. The van der Waals surface area contributed by atoms with E-state index in [9.17, 15) is 13.9 Å². The Morgan fingerprint density at radius 3 is 2.38 bits per heavy atom. The molecule has 106 valence electrons. The van der Waals surface area contributed by atoms with Crippen molar-refractivity contribution in [2.24, 2.45) is 0 Å². The lowest BCUT2D eigenvalue weighted by molar-refractivity contribution is 0.216. The van der Waals surface area contributed by atoms with Crippen LogP contribution >= 0.6 is 15.9 Å². The highest BCUT2D eigenvalue weighted by atomic mass is 79.9. The van der Waals surface area contributed by atoms with Crippen molar-refractivity contribution in [1.29, 1.82) is 0 Å². The molecule has 1 N–H and O–H groups in total.